The second-order valence-electron chi connectivity index (χ2n) is 19.9. The van der Waals surface area contributed by atoms with Gasteiger partial charge in [0.1, 0.15) is 58.7 Å². The van der Waals surface area contributed by atoms with Crippen molar-refractivity contribution >= 4 is 29.4 Å². The third-order valence-electron chi connectivity index (χ3n) is 14.6. The van der Waals surface area contributed by atoms with E-state index >= 15 is 9.59 Å². The average molecular weight is 920 g/mol. The highest BCUT2D eigenvalue weighted by atomic mass is 16.7. The zero-order valence-corrected chi connectivity index (χ0v) is 39.1. The standard InChI is InChI=1S/C49H65N3O14/c1-22(2)12-11-17-47(9)18-16-27-39(64-47)26(14-13-23(3)4)41-33(40(27)63-45-38(57)37(56)35(54)29(21-53)62-45)36(55)34-32(31(25(6)50)43(51)52-60)28-20-30-46(7,8)66-48(42(28)58,49(30,34)65-41)19-15-24(5)44(59)61-10/h12-13,15-16,18,28-32,34-35,37-38,45,53-54,56-57,60H,6,11,14,17,19-21,50H2,1-5,7-10H3,(H2,51,52)/b24-15-/t28?,29-,30?,31?,32?,34?,35-,37+,38-,45+,47?,48?,49?/m0/s1. The lowest BCUT2D eigenvalue weighted by atomic mass is 9.41. The highest BCUT2D eigenvalue weighted by molar-refractivity contribution is 6.11. The molecule has 66 heavy (non-hydrogen) atoms. The Kier molecular flexibility index (Phi) is 13.0. The third-order valence-corrected chi connectivity index (χ3v) is 14.6. The molecule has 360 valence electrons. The third kappa shape index (κ3) is 7.55. The molecule has 4 heterocycles. The quantitative estimate of drug-likeness (QED) is 0.0265. The summed E-state index contributed by atoms with van der Waals surface area (Å²) < 4.78 is 39.2. The van der Waals surface area contributed by atoms with Crippen molar-refractivity contribution in [2.75, 3.05) is 13.7 Å². The highest BCUT2D eigenvalue weighted by Gasteiger charge is 2.86. The van der Waals surface area contributed by atoms with E-state index in [1.807, 2.05) is 60.6 Å². The minimum atomic E-state index is -1.92. The summed E-state index contributed by atoms with van der Waals surface area (Å²) in [5, 5.41) is 56.7. The van der Waals surface area contributed by atoms with Crippen LogP contribution in [0.3, 0.4) is 0 Å². The van der Waals surface area contributed by atoms with Gasteiger partial charge in [0.05, 0.1) is 36.7 Å². The molecule has 1 aromatic rings. The zero-order chi connectivity index (χ0) is 48.6. The fraction of sp³-hybridized carbons (Fsp3) is 0.592. The van der Waals surface area contributed by atoms with Crippen LogP contribution in [0.5, 0.6) is 17.2 Å². The fourth-order valence-corrected chi connectivity index (χ4v) is 11.5. The number of aliphatic hydroxyl groups excluding tert-OH is 4. The van der Waals surface area contributed by atoms with Crippen molar-refractivity contribution < 1.29 is 68.4 Å². The van der Waals surface area contributed by atoms with Gasteiger partial charge < -0.3 is 65.5 Å². The number of benzene rings is 1. The number of aliphatic hydroxyl groups is 4. The molecule has 1 spiro atoms. The van der Waals surface area contributed by atoms with Crippen LogP contribution in [0, 0.1) is 29.6 Å². The lowest BCUT2D eigenvalue weighted by molar-refractivity contribution is -0.277. The lowest BCUT2D eigenvalue weighted by Gasteiger charge is -2.64. The maximum absolute atomic E-state index is 16.5. The van der Waals surface area contributed by atoms with E-state index in [9.17, 15) is 30.4 Å². The van der Waals surface area contributed by atoms with Gasteiger partial charge in [-0.05, 0) is 99.1 Å². The molecule has 8 rings (SSSR count). The number of fused-ring (bicyclic) bond motifs is 2. The monoisotopic (exact) mass is 919 g/mol. The summed E-state index contributed by atoms with van der Waals surface area (Å²) in [6, 6.07) is 0. The molecule has 13 atom stereocenters. The van der Waals surface area contributed by atoms with Gasteiger partial charge in [-0.25, -0.2) is 4.79 Å². The van der Waals surface area contributed by atoms with Gasteiger partial charge in [-0.3, -0.25) is 9.59 Å². The van der Waals surface area contributed by atoms with E-state index in [1.54, 1.807) is 19.1 Å². The Morgan fingerprint density at radius 3 is 2.29 bits per heavy atom. The summed E-state index contributed by atoms with van der Waals surface area (Å²) in [5.41, 5.74) is 9.82. The normalized spacial score (nSPS) is 35.4. The number of allylic oxidation sites excluding steroid dienone is 4. The van der Waals surface area contributed by atoms with Crippen LogP contribution in [0.25, 0.3) is 6.08 Å². The summed E-state index contributed by atoms with van der Waals surface area (Å²) >= 11 is 0. The minimum Gasteiger partial charge on any atom is -0.482 e. The average Bonchev–Trinajstić information content (AvgIpc) is 3.40. The molecular formula is C49H65N3O14. The van der Waals surface area contributed by atoms with E-state index in [1.165, 1.54) is 7.11 Å². The van der Waals surface area contributed by atoms with Crippen molar-refractivity contribution in [2.24, 2.45) is 46.2 Å². The summed E-state index contributed by atoms with van der Waals surface area (Å²) in [6.45, 7) is 18.2. The van der Waals surface area contributed by atoms with Gasteiger partial charge in [-0.15, -0.1) is 0 Å². The first-order chi connectivity index (χ1) is 30.9. The molecule has 0 amide bonds. The number of nitrogens with zero attached hydrogens (tertiary/aromatic N) is 1. The van der Waals surface area contributed by atoms with Crippen LogP contribution in [0.4, 0.5) is 0 Å². The molecule has 17 heteroatoms. The Bertz CT molecular complexity index is 2340. The van der Waals surface area contributed by atoms with Gasteiger partial charge in [0.25, 0.3) is 0 Å². The van der Waals surface area contributed by atoms with Crippen molar-refractivity contribution in [3.8, 4) is 17.2 Å². The van der Waals surface area contributed by atoms with Crippen LogP contribution < -0.4 is 25.7 Å². The lowest BCUT2D eigenvalue weighted by Crippen LogP contribution is -2.79. The van der Waals surface area contributed by atoms with E-state index in [4.69, 9.17) is 39.9 Å². The van der Waals surface area contributed by atoms with Crippen LogP contribution >= 0.6 is 0 Å². The van der Waals surface area contributed by atoms with Crippen LogP contribution in [0.1, 0.15) is 103 Å². The molecule has 17 nitrogen and oxygen atoms in total. The number of oxime groups is 1. The number of carbonyl (C=O) groups is 3. The number of ketones is 2. The van der Waals surface area contributed by atoms with E-state index in [0.29, 0.717) is 18.4 Å². The Morgan fingerprint density at radius 1 is 1.00 bits per heavy atom. The number of Topliss-reactive ketones (excluding diaryl/α,β-unsaturated/α-hetero) is 2. The Labute approximate surface area is 384 Å². The van der Waals surface area contributed by atoms with Gasteiger partial charge in [0, 0.05) is 35.1 Å². The Balaban J connectivity index is 1.58. The molecule has 9 N–H and O–H groups in total. The Hall–Kier alpha value is -5.04. The number of methoxy groups -OCH3 is 1. The number of nitrogens with two attached hydrogens (primary N) is 2. The number of carbonyl (C=O) groups excluding carboxylic acids is 3. The molecule has 8 unspecified atom stereocenters. The fourth-order valence-electron chi connectivity index (χ4n) is 11.5. The number of ether oxygens (including phenoxy) is 6. The van der Waals surface area contributed by atoms with E-state index < -0.39 is 107 Å². The maximum Gasteiger partial charge on any atom is 0.333 e. The van der Waals surface area contributed by atoms with Gasteiger partial charge in [-0.1, -0.05) is 41.1 Å². The highest BCUT2D eigenvalue weighted by Crippen LogP contribution is 2.73. The van der Waals surface area contributed by atoms with Crippen molar-refractivity contribution in [1.82, 2.24) is 0 Å². The summed E-state index contributed by atoms with van der Waals surface area (Å²) in [6.07, 6.45) is 1.94. The van der Waals surface area contributed by atoms with Crippen molar-refractivity contribution in [2.45, 2.75) is 141 Å². The molecule has 4 bridgehead atoms. The molecule has 0 aromatic heterocycles. The van der Waals surface area contributed by atoms with Gasteiger partial charge in [0.2, 0.25) is 6.29 Å². The van der Waals surface area contributed by atoms with Crippen LogP contribution in [0.2, 0.25) is 0 Å². The smallest absolute Gasteiger partial charge is 0.333 e. The zero-order valence-electron chi connectivity index (χ0n) is 39.1. The molecule has 0 radical (unpaired) electrons. The number of rotatable bonds is 14. The van der Waals surface area contributed by atoms with Gasteiger partial charge in [-0.2, -0.15) is 0 Å². The number of hydrogen-bond donors (Lipinski definition) is 7. The second kappa shape index (κ2) is 17.6. The number of hydrogen-bond acceptors (Lipinski definition) is 16. The molecule has 3 saturated carbocycles. The van der Waals surface area contributed by atoms with Gasteiger partial charge >= 0.3 is 5.97 Å². The topological polar surface area (TPSA) is 272 Å². The minimum absolute atomic E-state index is 0.00259. The molecule has 1 aromatic carbocycles. The molecule has 4 aliphatic heterocycles. The van der Waals surface area contributed by atoms with Crippen molar-refractivity contribution in [3.05, 3.63) is 70.0 Å². The van der Waals surface area contributed by atoms with Gasteiger partial charge in [0.15, 0.2) is 22.8 Å². The van der Waals surface area contributed by atoms with E-state index in [0.717, 1.165) is 11.1 Å². The van der Waals surface area contributed by atoms with Crippen molar-refractivity contribution in [1.29, 1.82) is 0 Å². The second-order valence-corrected chi connectivity index (χ2v) is 19.9. The van der Waals surface area contributed by atoms with Crippen LogP contribution in [-0.4, -0.2) is 116 Å². The summed E-state index contributed by atoms with van der Waals surface area (Å²) in [4.78, 5) is 45.0. The molecular weight excluding hydrogens is 855 g/mol. The molecule has 3 aliphatic carbocycles. The Morgan fingerprint density at radius 2 is 1.68 bits per heavy atom. The predicted octanol–water partition coefficient (Wildman–Crippen LogP) is 3.94. The maximum atomic E-state index is 16.5. The molecule has 5 fully saturated rings. The first-order valence-corrected chi connectivity index (χ1v) is 22.4. The van der Waals surface area contributed by atoms with Crippen LogP contribution in [0.15, 0.2) is 58.5 Å². The molecule has 7 aliphatic rings. The SMILES string of the molecule is C=C(N)C(/C(N)=N\O)C1C2CC3C(C)(C)OC(C/C=C(/C)C(=O)OC)(C2=O)C32Oc3c(CC=C(C)C)c4c(c(O[C@H]5O[C@@H](CO)[C@H](O)[C@@H](O)[C@@H]5O)c3C(=O)C12)C=CC(C)(CCC=C(C)C)O4. The molecule has 2 saturated heterocycles. The first-order valence-electron chi connectivity index (χ1n) is 22.4. The summed E-state index contributed by atoms with van der Waals surface area (Å²) in [5.74, 6) is -7.36. The predicted molar refractivity (Wildman–Crippen MR) is 240 cm³/mol. The summed E-state index contributed by atoms with van der Waals surface area (Å²) in [7, 11) is 1.24. The van der Waals surface area contributed by atoms with Crippen LogP contribution in [-0.2, 0) is 30.2 Å². The van der Waals surface area contributed by atoms with E-state index in [2.05, 4.69) is 17.8 Å². The number of esters is 1. The van der Waals surface area contributed by atoms with Crippen molar-refractivity contribution in [3.63, 3.8) is 0 Å². The first kappa shape index (κ1) is 48.9. The number of amidine groups is 1. The van der Waals surface area contributed by atoms with E-state index in [-0.39, 0.29) is 64.7 Å². The largest absolute Gasteiger partial charge is 0.482 e.